The Hall–Kier alpha value is -2.45. The maximum Gasteiger partial charge on any atom is 0.416 e. The number of halogens is 3. The van der Waals surface area contributed by atoms with Crippen LogP contribution < -0.4 is 4.90 Å². The van der Waals surface area contributed by atoms with Crippen molar-refractivity contribution in [3.05, 3.63) is 23.8 Å². The molecule has 1 aliphatic heterocycles. The Morgan fingerprint density at radius 1 is 1.29 bits per heavy atom. The van der Waals surface area contributed by atoms with Gasteiger partial charge >= 0.3 is 12.3 Å². The Balaban J connectivity index is 1.89. The van der Waals surface area contributed by atoms with Gasteiger partial charge < -0.3 is 14.4 Å². The molecule has 1 aromatic carbocycles. The third kappa shape index (κ3) is 2.85. The van der Waals surface area contributed by atoms with Gasteiger partial charge in [0.05, 0.1) is 17.6 Å². The molecule has 1 aromatic heterocycles. The van der Waals surface area contributed by atoms with Gasteiger partial charge in [-0.2, -0.15) is 18.2 Å². The van der Waals surface area contributed by atoms with Gasteiger partial charge in [-0.15, -0.1) is 0 Å². The maximum atomic E-state index is 12.8. The molecule has 24 heavy (non-hydrogen) atoms. The Morgan fingerprint density at radius 3 is 2.46 bits per heavy atom. The minimum Gasteiger partial charge on any atom is -0.465 e. The number of amides is 1. The lowest BCUT2D eigenvalue weighted by molar-refractivity contribution is -0.137. The van der Waals surface area contributed by atoms with E-state index in [0.717, 1.165) is 12.1 Å². The third-order valence-corrected chi connectivity index (χ3v) is 4.11. The van der Waals surface area contributed by atoms with E-state index in [-0.39, 0.29) is 23.7 Å². The highest BCUT2D eigenvalue weighted by atomic mass is 19.4. The van der Waals surface area contributed by atoms with Crippen molar-refractivity contribution in [3.63, 3.8) is 0 Å². The summed E-state index contributed by atoms with van der Waals surface area (Å²) in [7, 11) is 0. The molecule has 9 heteroatoms. The second-order valence-corrected chi connectivity index (χ2v) is 5.97. The molecule has 2 aromatic rings. The first-order chi connectivity index (χ1) is 11.2. The number of carboxylic acid groups (broad SMARTS) is 1. The van der Waals surface area contributed by atoms with Crippen LogP contribution in [-0.4, -0.2) is 46.3 Å². The van der Waals surface area contributed by atoms with Crippen LogP contribution in [0.25, 0.3) is 11.1 Å². The standard InChI is InChI=1S/C15H16F3N3O3/c1-8-6-20(7-9(2)21(8)14(22)23)13-19-11-4-3-10(15(16,17)18)5-12(11)24-13/h3-5,8-9H,6-7H2,1-2H3,(H,22,23)/t8-,9-/m1/s1. The lowest BCUT2D eigenvalue weighted by Crippen LogP contribution is -2.58. The monoisotopic (exact) mass is 343 g/mol. The van der Waals surface area contributed by atoms with Crippen LogP contribution in [0.1, 0.15) is 19.4 Å². The van der Waals surface area contributed by atoms with Crippen molar-refractivity contribution in [3.8, 4) is 0 Å². The van der Waals surface area contributed by atoms with Crippen molar-refractivity contribution in [1.29, 1.82) is 0 Å². The minimum atomic E-state index is -4.45. The van der Waals surface area contributed by atoms with Gasteiger partial charge in [0.15, 0.2) is 5.58 Å². The van der Waals surface area contributed by atoms with Crippen molar-refractivity contribution in [2.75, 3.05) is 18.0 Å². The van der Waals surface area contributed by atoms with E-state index < -0.39 is 17.8 Å². The van der Waals surface area contributed by atoms with E-state index in [1.807, 2.05) is 0 Å². The van der Waals surface area contributed by atoms with E-state index >= 15 is 0 Å². The number of carbonyl (C=O) groups is 1. The van der Waals surface area contributed by atoms with Gasteiger partial charge in [0.2, 0.25) is 0 Å². The van der Waals surface area contributed by atoms with Crippen LogP contribution >= 0.6 is 0 Å². The number of hydrogen-bond donors (Lipinski definition) is 1. The van der Waals surface area contributed by atoms with Crippen molar-refractivity contribution < 1.29 is 27.5 Å². The summed E-state index contributed by atoms with van der Waals surface area (Å²) >= 11 is 0. The summed E-state index contributed by atoms with van der Waals surface area (Å²) in [5.41, 5.74) is -0.408. The first kappa shape index (κ1) is 16.4. The fraction of sp³-hybridized carbons (Fsp3) is 0.467. The summed E-state index contributed by atoms with van der Waals surface area (Å²) in [4.78, 5) is 18.6. The quantitative estimate of drug-likeness (QED) is 0.859. The van der Waals surface area contributed by atoms with Crippen LogP contribution in [0, 0.1) is 0 Å². The molecule has 0 radical (unpaired) electrons. The van der Waals surface area contributed by atoms with Crippen LogP contribution in [0.2, 0.25) is 0 Å². The van der Waals surface area contributed by atoms with E-state index in [9.17, 15) is 23.1 Å². The predicted molar refractivity (Wildman–Crippen MR) is 80.0 cm³/mol. The van der Waals surface area contributed by atoms with Crippen LogP contribution in [0.4, 0.5) is 24.0 Å². The van der Waals surface area contributed by atoms with Gasteiger partial charge in [-0.1, -0.05) is 0 Å². The van der Waals surface area contributed by atoms with Gasteiger partial charge in [0.25, 0.3) is 6.01 Å². The number of aromatic nitrogens is 1. The largest absolute Gasteiger partial charge is 0.465 e. The van der Waals surface area contributed by atoms with Crippen LogP contribution in [-0.2, 0) is 6.18 Å². The fourth-order valence-corrected chi connectivity index (χ4v) is 3.08. The van der Waals surface area contributed by atoms with E-state index in [0.29, 0.717) is 18.6 Å². The summed E-state index contributed by atoms with van der Waals surface area (Å²) in [6.45, 7) is 4.24. The molecule has 0 unspecified atom stereocenters. The highest BCUT2D eigenvalue weighted by Crippen LogP contribution is 2.33. The minimum absolute atomic E-state index is 0.0563. The van der Waals surface area contributed by atoms with Crippen molar-refractivity contribution in [1.82, 2.24) is 9.88 Å². The number of alkyl halides is 3. The molecule has 1 amide bonds. The number of fused-ring (bicyclic) bond motifs is 1. The fourth-order valence-electron chi connectivity index (χ4n) is 3.08. The molecule has 0 spiro atoms. The van der Waals surface area contributed by atoms with E-state index in [4.69, 9.17) is 4.42 Å². The Bertz CT molecular complexity index is 762. The molecule has 130 valence electrons. The molecule has 1 N–H and O–H groups in total. The maximum absolute atomic E-state index is 12.8. The van der Waals surface area contributed by atoms with Crippen molar-refractivity contribution >= 4 is 23.2 Å². The highest BCUT2D eigenvalue weighted by Gasteiger charge is 2.35. The average molecular weight is 343 g/mol. The van der Waals surface area contributed by atoms with Gasteiger partial charge in [0.1, 0.15) is 5.52 Å². The van der Waals surface area contributed by atoms with Gasteiger partial charge in [-0.05, 0) is 32.0 Å². The molecule has 0 aliphatic carbocycles. The zero-order chi connectivity index (χ0) is 17.6. The smallest absolute Gasteiger partial charge is 0.416 e. The molecular weight excluding hydrogens is 327 g/mol. The SMILES string of the molecule is C[C@@H]1CN(c2nc3ccc(C(F)(F)F)cc3o2)C[C@@H](C)N1C(=O)O. The molecule has 1 fully saturated rings. The zero-order valence-corrected chi connectivity index (χ0v) is 13.0. The summed E-state index contributed by atoms with van der Waals surface area (Å²) in [5.74, 6) is 0. The molecule has 2 heterocycles. The topological polar surface area (TPSA) is 69.8 Å². The van der Waals surface area contributed by atoms with Crippen molar-refractivity contribution in [2.24, 2.45) is 0 Å². The van der Waals surface area contributed by atoms with Crippen LogP contribution in [0.5, 0.6) is 0 Å². The summed E-state index contributed by atoms with van der Waals surface area (Å²) in [6.07, 6.45) is -5.45. The average Bonchev–Trinajstić information content (AvgIpc) is 2.87. The molecule has 0 bridgehead atoms. The lowest BCUT2D eigenvalue weighted by Gasteiger charge is -2.42. The van der Waals surface area contributed by atoms with Crippen LogP contribution in [0.3, 0.4) is 0 Å². The summed E-state index contributed by atoms with van der Waals surface area (Å²) in [5, 5.41) is 9.22. The van der Waals surface area contributed by atoms with Crippen LogP contribution in [0.15, 0.2) is 22.6 Å². The number of piperazine rings is 1. The Kier molecular flexibility index (Phi) is 3.81. The Morgan fingerprint density at radius 2 is 1.92 bits per heavy atom. The lowest BCUT2D eigenvalue weighted by atomic mass is 10.1. The number of benzene rings is 1. The molecular formula is C15H16F3N3O3. The molecule has 6 nitrogen and oxygen atoms in total. The normalized spacial score (nSPS) is 22.2. The van der Waals surface area contributed by atoms with E-state index in [1.165, 1.54) is 11.0 Å². The third-order valence-electron chi connectivity index (χ3n) is 4.11. The second-order valence-electron chi connectivity index (χ2n) is 5.97. The van der Waals surface area contributed by atoms with Gasteiger partial charge in [-0.3, -0.25) is 4.90 Å². The van der Waals surface area contributed by atoms with E-state index in [1.54, 1.807) is 18.7 Å². The molecule has 1 aliphatic rings. The summed E-state index contributed by atoms with van der Waals surface area (Å²) < 4.78 is 43.8. The molecule has 3 rings (SSSR count). The van der Waals surface area contributed by atoms with E-state index in [2.05, 4.69) is 4.98 Å². The number of oxazole rings is 1. The van der Waals surface area contributed by atoms with Gasteiger partial charge in [-0.25, -0.2) is 4.79 Å². The first-order valence-corrected chi connectivity index (χ1v) is 7.41. The first-order valence-electron chi connectivity index (χ1n) is 7.41. The number of hydrogen-bond acceptors (Lipinski definition) is 4. The number of nitrogens with zero attached hydrogens (tertiary/aromatic N) is 3. The zero-order valence-electron chi connectivity index (χ0n) is 13.0. The number of rotatable bonds is 1. The number of anilines is 1. The Labute approximate surface area is 135 Å². The molecule has 0 saturated carbocycles. The molecule has 1 saturated heterocycles. The second kappa shape index (κ2) is 5.57. The highest BCUT2D eigenvalue weighted by molar-refractivity contribution is 5.75. The summed E-state index contributed by atoms with van der Waals surface area (Å²) in [6, 6.07) is 2.78. The van der Waals surface area contributed by atoms with Gasteiger partial charge in [0, 0.05) is 13.1 Å². The molecule has 2 atom stereocenters. The predicted octanol–water partition coefficient (Wildman–Crippen LogP) is 3.42. The van der Waals surface area contributed by atoms with Crippen molar-refractivity contribution in [2.45, 2.75) is 32.1 Å².